The average Bonchev–Trinajstić information content (AvgIpc) is 3.28. The normalized spacial score (nSPS) is 22.5. The molecule has 7 heteroatoms. The van der Waals surface area contributed by atoms with Crippen LogP contribution in [0.4, 0.5) is 0 Å². The number of halogens is 1. The molecule has 6 nitrogen and oxygen atoms in total. The van der Waals surface area contributed by atoms with Gasteiger partial charge in [-0.05, 0) is 50.0 Å². The van der Waals surface area contributed by atoms with E-state index in [1.54, 1.807) is 4.68 Å². The van der Waals surface area contributed by atoms with E-state index in [2.05, 4.69) is 35.9 Å². The summed E-state index contributed by atoms with van der Waals surface area (Å²) in [7, 11) is 1.88. The Morgan fingerprint density at radius 1 is 1.31 bits per heavy atom. The predicted octanol–water partition coefficient (Wildman–Crippen LogP) is 4.90. The summed E-state index contributed by atoms with van der Waals surface area (Å²) in [4.78, 5) is 7.37. The molecule has 29 heavy (non-hydrogen) atoms. The summed E-state index contributed by atoms with van der Waals surface area (Å²) in [6, 6.07) is 1.92. The van der Waals surface area contributed by atoms with E-state index >= 15 is 0 Å². The zero-order chi connectivity index (χ0) is 20.8. The molecule has 1 saturated heterocycles. The summed E-state index contributed by atoms with van der Waals surface area (Å²) in [6.07, 6.45) is 4.70. The zero-order valence-corrected chi connectivity index (χ0v) is 19.0. The first-order valence-electron chi connectivity index (χ1n) is 10.5. The molecular formula is C22H32ClN5O. The zero-order valence-electron chi connectivity index (χ0n) is 18.3. The number of hydrogen-bond acceptors (Lipinski definition) is 5. The maximum atomic E-state index is 6.58. The predicted molar refractivity (Wildman–Crippen MR) is 116 cm³/mol. The van der Waals surface area contributed by atoms with Gasteiger partial charge in [0, 0.05) is 44.0 Å². The Balaban J connectivity index is 1.39. The molecule has 2 aromatic rings. The van der Waals surface area contributed by atoms with Crippen molar-refractivity contribution in [3.05, 3.63) is 22.5 Å². The van der Waals surface area contributed by atoms with Gasteiger partial charge in [-0.3, -0.25) is 14.6 Å². The molecule has 0 aromatic carbocycles. The molecule has 0 unspecified atom stereocenters. The molecule has 2 aromatic heterocycles. The van der Waals surface area contributed by atoms with Gasteiger partial charge in [-0.15, -0.1) is 0 Å². The van der Waals surface area contributed by atoms with E-state index in [-0.39, 0.29) is 0 Å². The maximum absolute atomic E-state index is 6.58. The number of aliphatic imine (C=N–C) groups is 1. The number of aryl methyl sites for hydroxylation is 2. The molecule has 0 amide bonds. The standard InChI is InChI=1S/C22H32ClN5O/c1-15-10-18(26-29-15)19-17(20(23)27(5)25-19)13-28-9-7-22(14-28)11-16(12-22)24-8-6-21(2,3)4/h10H,6-9,11-14H2,1-5H3. The molecule has 3 heterocycles. The molecule has 0 radical (unpaired) electrons. The minimum absolute atomic E-state index is 0.360. The minimum atomic E-state index is 0.360. The number of aromatic nitrogens is 3. The van der Waals surface area contributed by atoms with E-state index in [0.717, 1.165) is 68.2 Å². The minimum Gasteiger partial charge on any atom is -0.361 e. The van der Waals surface area contributed by atoms with Crippen molar-refractivity contribution in [2.75, 3.05) is 19.6 Å². The lowest BCUT2D eigenvalue weighted by molar-refractivity contribution is 0.235. The summed E-state index contributed by atoms with van der Waals surface area (Å²) < 4.78 is 6.98. The van der Waals surface area contributed by atoms with Gasteiger partial charge >= 0.3 is 0 Å². The van der Waals surface area contributed by atoms with Gasteiger partial charge in [0.25, 0.3) is 0 Å². The summed E-state index contributed by atoms with van der Waals surface area (Å²) in [5, 5.41) is 9.41. The van der Waals surface area contributed by atoms with Gasteiger partial charge in [0.2, 0.25) is 0 Å². The van der Waals surface area contributed by atoms with Crippen molar-refractivity contribution in [3.63, 3.8) is 0 Å². The van der Waals surface area contributed by atoms with E-state index in [0.29, 0.717) is 16.0 Å². The molecular weight excluding hydrogens is 386 g/mol. The van der Waals surface area contributed by atoms with Crippen LogP contribution in [0.3, 0.4) is 0 Å². The van der Waals surface area contributed by atoms with Crippen molar-refractivity contribution in [2.24, 2.45) is 22.9 Å². The summed E-state index contributed by atoms with van der Waals surface area (Å²) >= 11 is 6.58. The van der Waals surface area contributed by atoms with E-state index in [1.807, 2.05) is 20.0 Å². The molecule has 158 valence electrons. The Morgan fingerprint density at radius 2 is 2.07 bits per heavy atom. The summed E-state index contributed by atoms with van der Waals surface area (Å²) in [5.41, 5.74) is 4.81. The quantitative estimate of drug-likeness (QED) is 0.694. The third-order valence-corrected chi connectivity index (χ3v) is 6.67. The molecule has 2 fully saturated rings. The molecule has 1 aliphatic carbocycles. The van der Waals surface area contributed by atoms with Crippen molar-refractivity contribution in [2.45, 2.75) is 59.9 Å². The van der Waals surface area contributed by atoms with E-state index in [4.69, 9.17) is 21.1 Å². The van der Waals surface area contributed by atoms with Crippen molar-refractivity contribution >= 4 is 17.3 Å². The number of nitrogens with zero attached hydrogens (tertiary/aromatic N) is 5. The molecule has 2 aliphatic rings. The SMILES string of the molecule is Cc1cc(-c2nn(C)c(Cl)c2CN2CCC3(CC(=NCCC(C)(C)C)C3)C2)no1. The second-order valence-electron chi connectivity index (χ2n) is 10.1. The number of likely N-dealkylation sites (tertiary alicyclic amines) is 1. The van der Waals surface area contributed by atoms with Crippen LogP contribution in [0.1, 0.15) is 57.8 Å². The molecule has 4 rings (SSSR count). The first-order chi connectivity index (χ1) is 13.6. The van der Waals surface area contributed by atoms with Gasteiger partial charge in [-0.1, -0.05) is 37.5 Å². The largest absolute Gasteiger partial charge is 0.361 e. The third kappa shape index (κ3) is 4.43. The second kappa shape index (κ2) is 7.55. The van der Waals surface area contributed by atoms with E-state index in [1.165, 1.54) is 12.1 Å². The Morgan fingerprint density at radius 3 is 2.72 bits per heavy atom. The summed E-state index contributed by atoms with van der Waals surface area (Å²) in [6.45, 7) is 12.7. The topological polar surface area (TPSA) is 59.5 Å². The van der Waals surface area contributed by atoms with Crippen LogP contribution in [-0.4, -0.2) is 45.2 Å². The van der Waals surface area contributed by atoms with Gasteiger partial charge < -0.3 is 4.52 Å². The second-order valence-corrected chi connectivity index (χ2v) is 10.5. The van der Waals surface area contributed by atoms with E-state index < -0.39 is 0 Å². The van der Waals surface area contributed by atoms with Gasteiger partial charge in [0.15, 0.2) is 0 Å². The van der Waals surface area contributed by atoms with Gasteiger partial charge in [-0.2, -0.15) is 5.10 Å². The highest BCUT2D eigenvalue weighted by Crippen LogP contribution is 2.47. The molecule has 0 N–H and O–H groups in total. The van der Waals surface area contributed by atoms with Crippen LogP contribution in [0.2, 0.25) is 5.15 Å². The van der Waals surface area contributed by atoms with Crippen LogP contribution in [0.15, 0.2) is 15.6 Å². The highest BCUT2D eigenvalue weighted by Gasteiger charge is 2.46. The third-order valence-electron chi connectivity index (χ3n) is 6.19. The highest BCUT2D eigenvalue weighted by molar-refractivity contribution is 6.30. The molecule has 0 bridgehead atoms. The lowest BCUT2D eigenvalue weighted by Crippen LogP contribution is -2.40. The summed E-state index contributed by atoms with van der Waals surface area (Å²) in [5.74, 6) is 0.778. The van der Waals surface area contributed by atoms with Crippen LogP contribution in [-0.2, 0) is 13.6 Å². The molecule has 1 aliphatic heterocycles. The molecule has 1 saturated carbocycles. The maximum Gasteiger partial charge on any atom is 0.134 e. The van der Waals surface area contributed by atoms with Crippen LogP contribution in [0.25, 0.3) is 11.4 Å². The first kappa shape index (κ1) is 20.6. The van der Waals surface area contributed by atoms with Crippen LogP contribution in [0.5, 0.6) is 0 Å². The number of hydrogen-bond donors (Lipinski definition) is 0. The van der Waals surface area contributed by atoms with Gasteiger partial charge in [-0.25, -0.2) is 0 Å². The fraction of sp³-hybridized carbons (Fsp3) is 0.682. The smallest absolute Gasteiger partial charge is 0.134 e. The van der Waals surface area contributed by atoms with Crippen LogP contribution >= 0.6 is 11.6 Å². The lowest BCUT2D eigenvalue weighted by atomic mass is 9.67. The lowest BCUT2D eigenvalue weighted by Gasteiger charge is -2.40. The molecule has 1 spiro atoms. The van der Waals surface area contributed by atoms with Gasteiger partial charge in [0.05, 0.1) is 0 Å². The first-order valence-corrected chi connectivity index (χ1v) is 10.9. The fourth-order valence-electron chi connectivity index (χ4n) is 4.52. The Hall–Kier alpha value is -1.66. The fourth-order valence-corrected chi connectivity index (χ4v) is 4.71. The van der Waals surface area contributed by atoms with Crippen molar-refractivity contribution < 1.29 is 4.52 Å². The van der Waals surface area contributed by atoms with Crippen molar-refractivity contribution in [3.8, 4) is 11.4 Å². The Labute approximate surface area is 178 Å². The van der Waals surface area contributed by atoms with Crippen molar-refractivity contribution in [1.29, 1.82) is 0 Å². The number of rotatable bonds is 5. The van der Waals surface area contributed by atoms with Crippen LogP contribution in [0, 0.1) is 17.8 Å². The monoisotopic (exact) mass is 417 g/mol. The Bertz CT molecular complexity index is 912. The van der Waals surface area contributed by atoms with Crippen molar-refractivity contribution in [1.82, 2.24) is 19.8 Å². The molecule has 0 atom stereocenters. The van der Waals surface area contributed by atoms with E-state index in [9.17, 15) is 0 Å². The van der Waals surface area contributed by atoms with Gasteiger partial charge in [0.1, 0.15) is 22.3 Å². The van der Waals surface area contributed by atoms with Crippen LogP contribution < -0.4 is 0 Å². The Kier molecular flexibility index (Phi) is 5.36. The average molecular weight is 418 g/mol. The highest BCUT2D eigenvalue weighted by atomic mass is 35.5.